The monoisotopic (exact) mass is 329 g/mol. The van der Waals surface area contributed by atoms with Crippen molar-refractivity contribution in [2.24, 2.45) is 13.0 Å². The van der Waals surface area contributed by atoms with Crippen LogP contribution >= 0.6 is 0 Å². The lowest BCUT2D eigenvalue weighted by Crippen LogP contribution is -2.40. The topological polar surface area (TPSA) is 83.3 Å². The smallest absolute Gasteiger partial charge is 0.238 e. The van der Waals surface area contributed by atoms with Gasteiger partial charge in [0.1, 0.15) is 11.9 Å². The lowest BCUT2D eigenvalue weighted by Gasteiger charge is -2.33. The number of piperidine rings is 1. The molecular formula is C17H23N5O2. The molecule has 24 heavy (non-hydrogen) atoms. The number of aryl methyl sites for hydroxylation is 1. The Morgan fingerprint density at radius 2 is 2.04 bits per heavy atom. The Hall–Kier alpha value is -2.25. The van der Waals surface area contributed by atoms with E-state index in [0.717, 1.165) is 31.6 Å². The molecule has 0 radical (unpaired) electrons. The lowest BCUT2D eigenvalue weighted by molar-refractivity contribution is -0.117. The highest BCUT2D eigenvalue weighted by Gasteiger charge is 2.28. The van der Waals surface area contributed by atoms with Crippen molar-refractivity contribution in [1.82, 2.24) is 19.4 Å². The summed E-state index contributed by atoms with van der Waals surface area (Å²) in [6.07, 6.45) is 8.03. The van der Waals surface area contributed by atoms with Gasteiger partial charge in [0.15, 0.2) is 0 Å². The first kappa shape index (κ1) is 16.6. The Balaban J connectivity index is 1.47. The van der Waals surface area contributed by atoms with E-state index >= 15 is 0 Å². The molecule has 1 saturated heterocycles. The molecule has 7 heteroatoms. The predicted octanol–water partition coefficient (Wildman–Crippen LogP) is 1.20. The van der Waals surface area contributed by atoms with E-state index in [0.29, 0.717) is 12.4 Å². The molecule has 0 spiro atoms. The summed E-state index contributed by atoms with van der Waals surface area (Å²) in [5.41, 5.74) is 0.759. The third-order valence-corrected chi connectivity index (χ3v) is 4.53. The highest BCUT2D eigenvalue weighted by Crippen LogP contribution is 2.29. The maximum Gasteiger partial charge on any atom is 0.238 e. The van der Waals surface area contributed by atoms with Gasteiger partial charge in [-0.2, -0.15) is 0 Å². The summed E-state index contributed by atoms with van der Waals surface area (Å²) >= 11 is 0. The molecule has 1 amide bonds. The molecule has 2 N–H and O–H groups in total. The van der Waals surface area contributed by atoms with Crippen molar-refractivity contribution in [3.8, 4) is 0 Å². The fourth-order valence-corrected chi connectivity index (χ4v) is 3.14. The number of imidazole rings is 1. The van der Waals surface area contributed by atoms with Gasteiger partial charge in [-0.1, -0.05) is 0 Å². The summed E-state index contributed by atoms with van der Waals surface area (Å²) < 4.78 is 1.86. The number of aliphatic hydroxyl groups excluding tert-OH is 1. The van der Waals surface area contributed by atoms with E-state index in [1.165, 1.54) is 0 Å². The maximum absolute atomic E-state index is 12.1. The molecule has 2 aromatic heterocycles. The van der Waals surface area contributed by atoms with Gasteiger partial charge in [0, 0.05) is 37.5 Å². The zero-order valence-electron chi connectivity index (χ0n) is 13.8. The van der Waals surface area contributed by atoms with Crippen LogP contribution in [0.1, 0.15) is 24.8 Å². The molecule has 2 aromatic rings. The summed E-state index contributed by atoms with van der Waals surface area (Å²) in [7, 11) is 1.89. The first-order valence-electron chi connectivity index (χ1n) is 8.21. The molecule has 0 saturated carbocycles. The Bertz CT molecular complexity index is 665. The van der Waals surface area contributed by atoms with E-state index in [-0.39, 0.29) is 11.8 Å². The van der Waals surface area contributed by atoms with Gasteiger partial charge in [0.2, 0.25) is 5.91 Å². The number of rotatable bonds is 5. The molecule has 3 rings (SSSR count). The summed E-state index contributed by atoms with van der Waals surface area (Å²) in [6, 6.07) is 3.54. The normalized spacial score (nSPS) is 17.6. The van der Waals surface area contributed by atoms with Crippen LogP contribution in [0.2, 0.25) is 0 Å². The van der Waals surface area contributed by atoms with E-state index in [4.69, 9.17) is 0 Å². The number of nitrogens with one attached hydrogen (secondary N) is 1. The van der Waals surface area contributed by atoms with Crippen LogP contribution in [0.5, 0.6) is 0 Å². The minimum atomic E-state index is -0.544. The van der Waals surface area contributed by atoms with E-state index in [2.05, 4.69) is 20.2 Å². The number of pyridine rings is 1. The number of likely N-dealkylation sites (tertiary alicyclic amines) is 1. The van der Waals surface area contributed by atoms with Crippen molar-refractivity contribution in [2.45, 2.75) is 18.9 Å². The fourth-order valence-electron chi connectivity index (χ4n) is 3.14. The molecule has 1 aliphatic rings. The van der Waals surface area contributed by atoms with Crippen molar-refractivity contribution < 1.29 is 9.90 Å². The molecule has 0 aromatic carbocycles. The molecule has 7 nitrogen and oxygen atoms in total. The molecule has 0 aliphatic carbocycles. The average Bonchev–Trinajstić information content (AvgIpc) is 3.02. The van der Waals surface area contributed by atoms with Crippen molar-refractivity contribution in [3.05, 3.63) is 42.7 Å². The highest BCUT2D eigenvalue weighted by molar-refractivity contribution is 5.92. The van der Waals surface area contributed by atoms with Gasteiger partial charge >= 0.3 is 0 Å². The van der Waals surface area contributed by atoms with Crippen LogP contribution < -0.4 is 5.32 Å². The number of anilines is 1. The quantitative estimate of drug-likeness (QED) is 0.861. The van der Waals surface area contributed by atoms with Gasteiger partial charge in [0.25, 0.3) is 0 Å². The summed E-state index contributed by atoms with van der Waals surface area (Å²) in [6.45, 7) is 1.97. The van der Waals surface area contributed by atoms with Crippen LogP contribution in [0.3, 0.4) is 0 Å². The number of hydrogen-bond donors (Lipinski definition) is 2. The van der Waals surface area contributed by atoms with Gasteiger partial charge in [-0.3, -0.25) is 14.7 Å². The average molecular weight is 329 g/mol. The van der Waals surface area contributed by atoms with Crippen molar-refractivity contribution in [1.29, 1.82) is 0 Å². The maximum atomic E-state index is 12.1. The molecule has 0 bridgehead atoms. The number of aromatic nitrogens is 3. The summed E-state index contributed by atoms with van der Waals surface area (Å²) in [5, 5.41) is 13.4. The minimum Gasteiger partial charge on any atom is -0.385 e. The first-order chi connectivity index (χ1) is 11.6. The second kappa shape index (κ2) is 7.55. The first-order valence-corrected chi connectivity index (χ1v) is 8.21. The number of carbonyl (C=O) groups excluding carboxylic acids is 1. The van der Waals surface area contributed by atoms with Crippen LogP contribution in [-0.2, 0) is 11.8 Å². The molecule has 1 unspecified atom stereocenters. The van der Waals surface area contributed by atoms with Crippen molar-refractivity contribution >= 4 is 11.6 Å². The predicted molar refractivity (Wildman–Crippen MR) is 90.2 cm³/mol. The SMILES string of the molecule is Cn1ccnc1C(O)C1CCN(CC(=O)Nc2ccncc2)CC1. The number of nitrogens with zero attached hydrogens (tertiary/aromatic N) is 4. The zero-order chi connectivity index (χ0) is 16.9. The van der Waals surface area contributed by atoms with Gasteiger partial charge in [0.05, 0.1) is 6.54 Å². The van der Waals surface area contributed by atoms with E-state index in [9.17, 15) is 9.90 Å². The standard InChI is InChI=1S/C17H23N5O2/c1-21-11-8-19-17(21)16(24)13-4-9-22(10-5-13)12-15(23)20-14-2-6-18-7-3-14/h2-3,6-8,11,13,16,24H,4-5,9-10,12H2,1H3,(H,18,20,23). The van der Waals surface area contributed by atoms with Crippen LogP contribution in [-0.4, -0.2) is 50.1 Å². The van der Waals surface area contributed by atoms with Gasteiger partial charge in [-0.25, -0.2) is 4.98 Å². The lowest BCUT2D eigenvalue weighted by atomic mass is 9.90. The van der Waals surface area contributed by atoms with Crippen molar-refractivity contribution in [2.75, 3.05) is 25.0 Å². The fraction of sp³-hybridized carbons (Fsp3) is 0.471. The number of carbonyl (C=O) groups is 1. The molecule has 1 aliphatic heterocycles. The molecule has 3 heterocycles. The Kier molecular flexibility index (Phi) is 5.22. The number of hydrogen-bond acceptors (Lipinski definition) is 5. The number of aliphatic hydroxyl groups is 1. The Morgan fingerprint density at radius 1 is 1.33 bits per heavy atom. The van der Waals surface area contributed by atoms with Gasteiger partial charge in [-0.15, -0.1) is 0 Å². The molecule has 128 valence electrons. The Labute approximate surface area is 141 Å². The second-order valence-corrected chi connectivity index (χ2v) is 6.24. The van der Waals surface area contributed by atoms with Crippen LogP contribution in [0.4, 0.5) is 5.69 Å². The number of amides is 1. The Morgan fingerprint density at radius 3 is 2.67 bits per heavy atom. The summed E-state index contributed by atoms with van der Waals surface area (Å²) in [5.74, 6) is 0.874. The summed E-state index contributed by atoms with van der Waals surface area (Å²) in [4.78, 5) is 22.4. The second-order valence-electron chi connectivity index (χ2n) is 6.24. The zero-order valence-corrected chi connectivity index (χ0v) is 13.8. The van der Waals surface area contributed by atoms with E-state index < -0.39 is 6.10 Å². The van der Waals surface area contributed by atoms with Crippen LogP contribution in [0.15, 0.2) is 36.9 Å². The van der Waals surface area contributed by atoms with E-state index in [1.807, 2.05) is 17.8 Å². The minimum absolute atomic E-state index is 0.0238. The van der Waals surface area contributed by atoms with Gasteiger partial charge < -0.3 is 15.0 Å². The molecule has 1 fully saturated rings. The van der Waals surface area contributed by atoms with E-state index in [1.54, 1.807) is 30.7 Å². The van der Waals surface area contributed by atoms with Crippen LogP contribution in [0.25, 0.3) is 0 Å². The van der Waals surface area contributed by atoms with Crippen LogP contribution in [0, 0.1) is 5.92 Å². The largest absolute Gasteiger partial charge is 0.385 e. The molecule has 1 atom stereocenters. The molecular weight excluding hydrogens is 306 g/mol. The highest BCUT2D eigenvalue weighted by atomic mass is 16.3. The van der Waals surface area contributed by atoms with Crippen molar-refractivity contribution in [3.63, 3.8) is 0 Å². The third kappa shape index (κ3) is 3.98. The van der Waals surface area contributed by atoms with Gasteiger partial charge in [-0.05, 0) is 44.0 Å². The third-order valence-electron chi connectivity index (χ3n) is 4.53.